The van der Waals surface area contributed by atoms with Crippen molar-refractivity contribution in [2.24, 2.45) is 0 Å². The van der Waals surface area contributed by atoms with E-state index in [1.807, 2.05) is 4.57 Å². The lowest BCUT2D eigenvalue weighted by Gasteiger charge is -2.08. The van der Waals surface area contributed by atoms with E-state index in [4.69, 9.17) is 14.2 Å². The van der Waals surface area contributed by atoms with Crippen molar-refractivity contribution in [3.05, 3.63) is 11.6 Å². The highest BCUT2D eigenvalue weighted by Crippen LogP contribution is 2.07. The Labute approximate surface area is 109 Å². The van der Waals surface area contributed by atoms with E-state index in [9.17, 15) is 0 Å². The summed E-state index contributed by atoms with van der Waals surface area (Å²) in [5.41, 5.74) is 0. The van der Waals surface area contributed by atoms with Crippen LogP contribution in [0.15, 0.2) is 0 Å². The largest absolute Gasteiger partial charge is 0.383 e. The molecule has 0 unspecified atom stereocenters. The van der Waals surface area contributed by atoms with Crippen LogP contribution in [0.5, 0.6) is 0 Å². The number of hydrogen-bond acceptors (Lipinski definition) is 5. The summed E-state index contributed by atoms with van der Waals surface area (Å²) < 4.78 is 17.4. The summed E-state index contributed by atoms with van der Waals surface area (Å²) in [6.45, 7) is 2.93. The second-order valence-corrected chi connectivity index (χ2v) is 3.92. The predicted octanol–water partition coefficient (Wildman–Crippen LogP) is 0.982. The highest BCUT2D eigenvalue weighted by molar-refractivity contribution is 9.08. The van der Waals surface area contributed by atoms with Gasteiger partial charge in [0.15, 0.2) is 5.82 Å². The summed E-state index contributed by atoms with van der Waals surface area (Å²) in [4.78, 5) is 0. The van der Waals surface area contributed by atoms with Gasteiger partial charge >= 0.3 is 0 Å². The van der Waals surface area contributed by atoms with Crippen LogP contribution in [0, 0.1) is 0 Å². The van der Waals surface area contributed by atoms with Crippen LogP contribution >= 0.6 is 15.9 Å². The first-order valence-electron chi connectivity index (χ1n) is 5.36. The van der Waals surface area contributed by atoms with Crippen LogP contribution in [0.2, 0.25) is 0 Å². The lowest BCUT2D eigenvalue weighted by atomic mass is 10.5. The Kier molecular flexibility index (Phi) is 7.34. The minimum absolute atomic E-state index is 0.438. The molecular weight excluding hydrogens is 290 g/mol. The molecule has 0 amide bonds. The smallest absolute Gasteiger partial charge is 0.159 e. The standard InChI is InChI=1S/C10H18BrN3O3/c1-15-4-3-14-9(7-11)12-13-10(14)8-17-6-5-16-2/h3-8H2,1-2H3. The maximum atomic E-state index is 5.43. The monoisotopic (exact) mass is 307 g/mol. The molecule has 1 heterocycles. The number of hydrogen-bond donors (Lipinski definition) is 0. The Morgan fingerprint density at radius 2 is 1.76 bits per heavy atom. The third-order valence-corrected chi connectivity index (χ3v) is 2.71. The SMILES string of the molecule is COCCOCc1nnc(CBr)n1CCOC. The van der Waals surface area contributed by atoms with E-state index in [0.29, 0.717) is 31.8 Å². The quantitative estimate of drug-likeness (QED) is 0.503. The first-order valence-corrected chi connectivity index (χ1v) is 6.48. The van der Waals surface area contributed by atoms with Gasteiger partial charge in [0.2, 0.25) is 0 Å². The van der Waals surface area contributed by atoms with Crippen LogP contribution in [0.1, 0.15) is 11.6 Å². The topological polar surface area (TPSA) is 58.4 Å². The second-order valence-electron chi connectivity index (χ2n) is 3.36. The molecule has 0 aliphatic rings. The van der Waals surface area contributed by atoms with Crippen molar-refractivity contribution in [3.8, 4) is 0 Å². The first kappa shape index (κ1) is 14.6. The minimum Gasteiger partial charge on any atom is -0.383 e. The Hall–Kier alpha value is -0.500. The summed E-state index contributed by atoms with van der Waals surface area (Å²) in [6.07, 6.45) is 0. The predicted molar refractivity (Wildman–Crippen MR) is 66.1 cm³/mol. The molecule has 0 bridgehead atoms. The molecule has 0 saturated heterocycles. The van der Waals surface area contributed by atoms with E-state index >= 15 is 0 Å². The minimum atomic E-state index is 0.438. The van der Waals surface area contributed by atoms with Crippen molar-refractivity contribution in [2.75, 3.05) is 34.0 Å². The van der Waals surface area contributed by atoms with Gasteiger partial charge in [-0.1, -0.05) is 15.9 Å². The van der Waals surface area contributed by atoms with Gasteiger partial charge in [-0.05, 0) is 0 Å². The van der Waals surface area contributed by atoms with E-state index in [0.717, 1.165) is 18.2 Å². The van der Waals surface area contributed by atoms with Gasteiger partial charge in [-0.15, -0.1) is 10.2 Å². The average Bonchev–Trinajstić information content (AvgIpc) is 2.74. The number of ether oxygens (including phenoxy) is 3. The van der Waals surface area contributed by atoms with E-state index < -0.39 is 0 Å². The van der Waals surface area contributed by atoms with Gasteiger partial charge in [0.1, 0.15) is 12.4 Å². The zero-order valence-corrected chi connectivity index (χ0v) is 11.8. The Morgan fingerprint density at radius 3 is 2.41 bits per heavy atom. The number of nitrogens with zero attached hydrogens (tertiary/aromatic N) is 3. The van der Waals surface area contributed by atoms with Crippen LogP contribution in [0.4, 0.5) is 0 Å². The highest BCUT2D eigenvalue weighted by Gasteiger charge is 2.10. The van der Waals surface area contributed by atoms with Crippen LogP contribution in [-0.2, 0) is 32.7 Å². The van der Waals surface area contributed by atoms with Gasteiger partial charge in [0.05, 0.1) is 25.2 Å². The van der Waals surface area contributed by atoms with E-state index in [1.165, 1.54) is 0 Å². The van der Waals surface area contributed by atoms with Gasteiger partial charge in [-0.25, -0.2) is 0 Å². The van der Waals surface area contributed by atoms with E-state index in [2.05, 4.69) is 26.1 Å². The zero-order chi connectivity index (χ0) is 12.5. The van der Waals surface area contributed by atoms with Gasteiger partial charge in [-0.2, -0.15) is 0 Å². The molecule has 1 rings (SSSR count). The molecule has 0 fully saturated rings. The molecule has 0 aliphatic carbocycles. The Morgan fingerprint density at radius 1 is 1.06 bits per heavy atom. The molecule has 0 radical (unpaired) electrons. The second kappa shape index (κ2) is 8.57. The molecule has 0 N–H and O–H groups in total. The molecule has 6 nitrogen and oxygen atoms in total. The Balaban J connectivity index is 2.53. The van der Waals surface area contributed by atoms with E-state index in [-0.39, 0.29) is 0 Å². The maximum absolute atomic E-state index is 5.43. The van der Waals surface area contributed by atoms with Crippen molar-refractivity contribution in [2.45, 2.75) is 18.5 Å². The summed E-state index contributed by atoms with van der Waals surface area (Å²) in [5, 5.41) is 8.85. The fourth-order valence-electron chi connectivity index (χ4n) is 1.32. The molecular formula is C10H18BrN3O3. The molecule has 1 aromatic heterocycles. The van der Waals surface area contributed by atoms with Crippen molar-refractivity contribution < 1.29 is 14.2 Å². The molecule has 98 valence electrons. The Bertz CT molecular complexity index is 320. The summed E-state index contributed by atoms with van der Waals surface area (Å²) in [5.74, 6) is 1.69. The first-order chi connectivity index (χ1) is 8.33. The lowest BCUT2D eigenvalue weighted by Crippen LogP contribution is -2.13. The van der Waals surface area contributed by atoms with Crippen molar-refractivity contribution in [1.82, 2.24) is 14.8 Å². The molecule has 0 saturated carbocycles. The number of methoxy groups -OCH3 is 2. The molecule has 17 heavy (non-hydrogen) atoms. The van der Waals surface area contributed by atoms with Gasteiger partial charge in [0, 0.05) is 20.8 Å². The van der Waals surface area contributed by atoms with Gasteiger partial charge in [-0.3, -0.25) is 0 Å². The third-order valence-electron chi connectivity index (χ3n) is 2.21. The molecule has 0 atom stereocenters. The maximum Gasteiger partial charge on any atom is 0.159 e. The van der Waals surface area contributed by atoms with E-state index in [1.54, 1.807) is 14.2 Å². The van der Waals surface area contributed by atoms with Crippen LogP contribution < -0.4 is 0 Å². The molecule has 0 aromatic carbocycles. The van der Waals surface area contributed by atoms with Gasteiger partial charge in [0.25, 0.3) is 0 Å². The lowest BCUT2D eigenvalue weighted by molar-refractivity contribution is 0.0565. The number of halogens is 1. The fraction of sp³-hybridized carbons (Fsp3) is 0.800. The molecule has 0 spiro atoms. The molecule has 7 heteroatoms. The van der Waals surface area contributed by atoms with Crippen molar-refractivity contribution in [1.29, 1.82) is 0 Å². The van der Waals surface area contributed by atoms with Crippen molar-refractivity contribution in [3.63, 3.8) is 0 Å². The van der Waals surface area contributed by atoms with Crippen LogP contribution in [-0.4, -0.2) is 48.8 Å². The molecule has 0 aliphatic heterocycles. The summed E-state index contributed by atoms with van der Waals surface area (Å²) in [6, 6.07) is 0. The van der Waals surface area contributed by atoms with Gasteiger partial charge < -0.3 is 18.8 Å². The third kappa shape index (κ3) is 4.71. The number of alkyl halides is 1. The fourth-order valence-corrected chi connectivity index (χ4v) is 1.74. The highest BCUT2D eigenvalue weighted by atomic mass is 79.9. The zero-order valence-electron chi connectivity index (χ0n) is 10.2. The summed E-state index contributed by atoms with van der Waals surface area (Å²) >= 11 is 3.38. The number of rotatable bonds is 9. The van der Waals surface area contributed by atoms with Crippen LogP contribution in [0.25, 0.3) is 0 Å². The average molecular weight is 308 g/mol. The number of aromatic nitrogens is 3. The molecule has 1 aromatic rings. The van der Waals surface area contributed by atoms with Crippen molar-refractivity contribution >= 4 is 15.9 Å². The normalized spacial score (nSPS) is 11.0. The summed E-state index contributed by atoms with van der Waals surface area (Å²) in [7, 11) is 3.32. The van der Waals surface area contributed by atoms with Crippen LogP contribution in [0.3, 0.4) is 0 Å².